The first-order valence-electron chi connectivity index (χ1n) is 5.22. The molecule has 0 fully saturated rings. The fourth-order valence-electron chi connectivity index (χ4n) is 1.35. The van der Waals surface area contributed by atoms with Gasteiger partial charge in [-0.25, -0.2) is 0 Å². The van der Waals surface area contributed by atoms with Crippen molar-refractivity contribution in [1.29, 1.82) is 0 Å². The lowest BCUT2D eigenvalue weighted by Crippen LogP contribution is -1.90. The third kappa shape index (κ3) is 2.93. The van der Waals surface area contributed by atoms with E-state index in [-0.39, 0.29) is 11.5 Å². The summed E-state index contributed by atoms with van der Waals surface area (Å²) in [6, 6.07) is 11.7. The van der Waals surface area contributed by atoms with Crippen molar-refractivity contribution in [3.8, 4) is 11.5 Å². The normalized spacial score (nSPS) is 10.7. The highest BCUT2D eigenvalue weighted by atomic mass is 35.5. The molecule has 0 aliphatic carbocycles. The average Bonchev–Trinajstić information content (AvgIpc) is 2.37. The zero-order valence-electron chi connectivity index (χ0n) is 9.34. The number of hydrogen-bond acceptors (Lipinski definition) is 4. The van der Waals surface area contributed by atoms with Crippen molar-refractivity contribution in [2.45, 2.75) is 0 Å². The fourth-order valence-corrected chi connectivity index (χ4v) is 1.48. The van der Waals surface area contributed by atoms with Gasteiger partial charge in [0.25, 0.3) is 0 Å². The van der Waals surface area contributed by atoms with Gasteiger partial charge in [0.1, 0.15) is 0 Å². The first-order chi connectivity index (χ1) is 8.66. The Hall–Kier alpha value is -2.20. The van der Waals surface area contributed by atoms with Crippen LogP contribution in [0.5, 0.6) is 11.5 Å². The quantitative estimate of drug-likeness (QED) is 0.452. The third-order valence-electron chi connectivity index (χ3n) is 2.29. The summed E-state index contributed by atoms with van der Waals surface area (Å²) in [6.07, 6.45) is 1.42. The number of aromatic hydroxyl groups is 2. The number of halogens is 1. The summed E-state index contributed by atoms with van der Waals surface area (Å²) in [5.74, 6) is -0.371. The first-order valence-corrected chi connectivity index (χ1v) is 5.60. The summed E-state index contributed by atoms with van der Waals surface area (Å²) in [7, 11) is 0. The third-order valence-corrected chi connectivity index (χ3v) is 2.54. The number of benzene rings is 2. The predicted molar refractivity (Wildman–Crippen MR) is 72.4 cm³/mol. The molecule has 0 saturated carbocycles. The minimum atomic E-state index is -0.195. The van der Waals surface area contributed by atoms with E-state index in [1.54, 1.807) is 36.4 Å². The molecule has 2 aromatic carbocycles. The van der Waals surface area contributed by atoms with Crippen LogP contribution < -0.4 is 5.43 Å². The maximum atomic E-state index is 9.54. The molecule has 0 unspecified atom stereocenters. The van der Waals surface area contributed by atoms with Crippen molar-refractivity contribution < 1.29 is 10.2 Å². The standard InChI is InChI=1S/C13H11ClN2O2/c14-10-4-6-11(7-5-10)16-15-8-9-2-1-3-12(17)13(9)18/h1-8,16-18H/b15-8+. The Morgan fingerprint density at radius 3 is 2.50 bits per heavy atom. The van der Waals surface area contributed by atoms with Gasteiger partial charge in [-0.05, 0) is 36.4 Å². The zero-order chi connectivity index (χ0) is 13.0. The number of hydrogen-bond donors (Lipinski definition) is 3. The maximum absolute atomic E-state index is 9.54. The van der Waals surface area contributed by atoms with Crippen molar-refractivity contribution in [3.63, 3.8) is 0 Å². The highest BCUT2D eigenvalue weighted by molar-refractivity contribution is 6.30. The van der Waals surface area contributed by atoms with Crippen LogP contribution in [0, 0.1) is 0 Å². The largest absolute Gasteiger partial charge is 0.504 e. The molecule has 5 heteroatoms. The lowest BCUT2D eigenvalue weighted by atomic mass is 10.2. The Morgan fingerprint density at radius 2 is 1.78 bits per heavy atom. The molecule has 0 saturated heterocycles. The maximum Gasteiger partial charge on any atom is 0.166 e. The molecule has 0 amide bonds. The van der Waals surface area contributed by atoms with Crippen molar-refractivity contribution >= 4 is 23.5 Å². The molecule has 0 radical (unpaired) electrons. The van der Waals surface area contributed by atoms with Crippen LogP contribution in [0.15, 0.2) is 47.6 Å². The van der Waals surface area contributed by atoms with Gasteiger partial charge in [0.15, 0.2) is 11.5 Å². The molecule has 0 heterocycles. The summed E-state index contributed by atoms with van der Waals surface area (Å²) in [6.45, 7) is 0. The Kier molecular flexibility index (Phi) is 3.69. The number of anilines is 1. The molecular formula is C13H11ClN2O2. The summed E-state index contributed by atoms with van der Waals surface area (Å²) in [4.78, 5) is 0. The van der Waals surface area contributed by atoms with E-state index in [1.807, 2.05) is 0 Å². The molecule has 0 aromatic heterocycles. The van der Waals surface area contributed by atoms with E-state index in [1.165, 1.54) is 12.3 Å². The van der Waals surface area contributed by atoms with Gasteiger partial charge in [-0.2, -0.15) is 5.10 Å². The minimum absolute atomic E-state index is 0.176. The number of hydrazone groups is 1. The van der Waals surface area contributed by atoms with E-state index in [2.05, 4.69) is 10.5 Å². The second kappa shape index (κ2) is 5.42. The molecule has 18 heavy (non-hydrogen) atoms. The molecular weight excluding hydrogens is 252 g/mol. The molecule has 2 aromatic rings. The SMILES string of the molecule is Oc1cccc(/C=N/Nc2ccc(Cl)cc2)c1O. The summed E-state index contributed by atoms with van der Waals surface area (Å²) >= 11 is 5.75. The number of phenolic OH excluding ortho intramolecular Hbond substituents is 2. The van der Waals surface area contributed by atoms with Gasteiger partial charge in [-0.3, -0.25) is 5.43 Å². The molecule has 0 spiro atoms. The molecule has 92 valence electrons. The van der Waals surface area contributed by atoms with E-state index in [4.69, 9.17) is 11.6 Å². The molecule has 4 nitrogen and oxygen atoms in total. The summed E-state index contributed by atoms with van der Waals surface area (Å²) < 4.78 is 0. The number of nitrogens with zero attached hydrogens (tertiary/aromatic N) is 1. The van der Waals surface area contributed by atoms with Gasteiger partial charge in [0.05, 0.1) is 11.9 Å². The molecule has 0 atom stereocenters. The van der Waals surface area contributed by atoms with Gasteiger partial charge in [-0.1, -0.05) is 17.7 Å². The molecule has 2 rings (SSSR count). The van der Waals surface area contributed by atoms with Crippen LogP contribution in [-0.4, -0.2) is 16.4 Å². The van der Waals surface area contributed by atoms with E-state index in [9.17, 15) is 10.2 Å². The highest BCUT2D eigenvalue weighted by Crippen LogP contribution is 2.26. The number of para-hydroxylation sites is 1. The van der Waals surface area contributed by atoms with Gasteiger partial charge in [-0.15, -0.1) is 0 Å². The Morgan fingerprint density at radius 1 is 1.06 bits per heavy atom. The van der Waals surface area contributed by atoms with Crippen LogP contribution in [-0.2, 0) is 0 Å². The number of nitrogens with one attached hydrogen (secondary N) is 1. The lowest BCUT2D eigenvalue weighted by Gasteiger charge is -2.02. The smallest absolute Gasteiger partial charge is 0.166 e. The Labute approximate surface area is 109 Å². The molecule has 3 N–H and O–H groups in total. The van der Waals surface area contributed by atoms with Crippen molar-refractivity contribution in [2.24, 2.45) is 5.10 Å². The van der Waals surface area contributed by atoms with Gasteiger partial charge < -0.3 is 10.2 Å². The highest BCUT2D eigenvalue weighted by Gasteiger charge is 2.02. The van der Waals surface area contributed by atoms with Crippen LogP contribution in [0.4, 0.5) is 5.69 Å². The second-order valence-corrected chi connectivity index (χ2v) is 4.03. The summed E-state index contributed by atoms with van der Waals surface area (Å²) in [5, 5.41) is 23.4. The van der Waals surface area contributed by atoms with Crippen LogP contribution >= 0.6 is 11.6 Å². The van der Waals surface area contributed by atoms with Crippen molar-refractivity contribution in [3.05, 3.63) is 53.1 Å². The van der Waals surface area contributed by atoms with Gasteiger partial charge in [0, 0.05) is 10.6 Å². The summed E-state index contributed by atoms with van der Waals surface area (Å²) in [5.41, 5.74) is 3.99. The van der Waals surface area contributed by atoms with E-state index >= 15 is 0 Å². The van der Waals surface area contributed by atoms with E-state index in [0.717, 1.165) is 5.69 Å². The minimum Gasteiger partial charge on any atom is -0.504 e. The predicted octanol–water partition coefficient (Wildman–Crippen LogP) is 3.20. The second-order valence-electron chi connectivity index (χ2n) is 3.59. The van der Waals surface area contributed by atoms with Crippen LogP contribution in [0.1, 0.15) is 5.56 Å². The topological polar surface area (TPSA) is 64.9 Å². The van der Waals surface area contributed by atoms with Crippen molar-refractivity contribution in [1.82, 2.24) is 0 Å². The zero-order valence-corrected chi connectivity index (χ0v) is 10.1. The number of rotatable bonds is 3. The Bertz CT molecular complexity index is 568. The van der Waals surface area contributed by atoms with Gasteiger partial charge in [0.2, 0.25) is 0 Å². The fraction of sp³-hybridized carbons (Fsp3) is 0. The van der Waals surface area contributed by atoms with Gasteiger partial charge >= 0.3 is 0 Å². The van der Waals surface area contributed by atoms with Crippen LogP contribution in [0.2, 0.25) is 5.02 Å². The molecule has 0 aliphatic rings. The molecule has 0 aliphatic heterocycles. The van der Waals surface area contributed by atoms with E-state index < -0.39 is 0 Å². The van der Waals surface area contributed by atoms with Crippen molar-refractivity contribution in [2.75, 3.05) is 5.43 Å². The van der Waals surface area contributed by atoms with Crippen LogP contribution in [0.25, 0.3) is 0 Å². The van der Waals surface area contributed by atoms with E-state index in [0.29, 0.717) is 10.6 Å². The molecule has 0 bridgehead atoms. The van der Waals surface area contributed by atoms with Crippen LogP contribution in [0.3, 0.4) is 0 Å². The number of phenols is 2. The average molecular weight is 263 g/mol. The lowest BCUT2D eigenvalue weighted by molar-refractivity contribution is 0.403. The first kappa shape index (κ1) is 12.3. The Balaban J connectivity index is 2.07. The monoisotopic (exact) mass is 262 g/mol.